The van der Waals surface area contributed by atoms with Gasteiger partial charge in [-0.2, -0.15) is 0 Å². The molecule has 3 nitrogen and oxygen atoms in total. The first-order chi connectivity index (χ1) is 11.2. The summed E-state index contributed by atoms with van der Waals surface area (Å²) in [5.41, 5.74) is 3.30. The molecule has 0 radical (unpaired) electrons. The van der Waals surface area contributed by atoms with Crippen LogP contribution in [0, 0.1) is 19.3 Å². The van der Waals surface area contributed by atoms with Gasteiger partial charge in [-0.3, -0.25) is 4.90 Å². The molecule has 1 aromatic rings. The molecule has 1 saturated heterocycles. The van der Waals surface area contributed by atoms with Crippen LogP contribution in [0.2, 0.25) is 0 Å². The van der Waals surface area contributed by atoms with Crippen LogP contribution in [0.3, 0.4) is 0 Å². The Morgan fingerprint density at radius 1 is 0.920 bits per heavy atom. The fourth-order valence-electron chi connectivity index (χ4n) is 5.88. The molecular weight excluding hydrogens is 306 g/mol. The number of aromatic nitrogens is 2. The lowest BCUT2D eigenvalue weighted by Gasteiger charge is -2.39. The summed E-state index contributed by atoms with van der Waals surface area (Å²) in [5, 5.41) is 0. The quantitative estimate of drug-likeness (QED) is 0.653. The molecule has 1 aliphatic rings. The number of hydrogen-bond acceptors (Lipinski definition) is 1. The van der Waals surface area contributed by atoms with E-state index in [-0.39, 0.29) is 11.0 Å². The van der Waals surface area contributed by atoms with Crippen LogP contribution in [0.5, 0.6) is 0 Å². The van der Waals surface area contributed by atoms with Gasteiger partial charge in [-0.1, -0.05) is 13.8 Å². The summed E-state index contributed by atoms with van der Waals surface area (Å²) < 4.78 is 5.22. The molecule has 3 heteroatoms. The molecule has 0 amide bonds. The van der Waals surface area contributed by atoms with E-state index in [1.807, 2.05) is 0 Å². The molecule has 1 aromatic heterocycles. The first-order valence-electron chi connectivity index (χ1n) is 10.1. The maximum Gasteiger partial charge on any atom is 0.275 e. The van der Waals surface area contributed by atoms with Gasteiger partial charge in [-0.15, -0.1) is 0 Å². The van der Waals surface area contributed by atoms with Crippen LogP contribution in [0.25, 0.3) is 0 Å². The molecule has 2 heterocycles. The van der Waals surface area contributed by atoms with Crippen LogP contribution in [0.4, 0.5) is 0 Å². The number of hydrogen-bond donors (Lipinski definition) is 0. The summed E-state index contributed by atoms with van der Waals surface area (Å²) in [7, 11) is 0. The van der Waals surface area contributed by atoms with Crippen molar-refractivity contribution < 1.29 is 4.57 Å². The van der Waals surface area contributed by atoms with E-state index in [0.29, 0.717) is 24.2 Å². The Balaban J connectivity index is 2.85. The van der Waals surface area contributed by atoms with E-state index in [4.69, 9.17) is 0 Å². The molecule has 0 N–H and O–H groups in total. The number of likely N-dealkylation sites (tertiary alicyclic amines) is 1. The molecule has 0 spiro atoms. The molecule has 144 valence electrons. The van der Waals surface area contributed by atoms with E-state index in [1.165, 1.54) is 23.6 Å². The third kappa shape index (κ3) is 3.18. The predicted molar refractivity (Wildman–Crippen MR) is 107 cm³/mol. The molecule has 0 aliphatic carbocycles. The highest BCUT2D eigenvalue weighted by atomic mass is 15.3. The number of nitrogens with zero attached hydrogens (tertiary/aromatic N) is 3. The van der Waals surface area contributed by atoms with E-state index in [1.54, 1.807) is 0 Å². The van der Waals surface area contributed by atoms with Crippen molar-refractivity contribution in [3.05, 3.63) is 17.2 Å². The van der Waals surface area contributed by atoms with Crippen molar-refractivity contribution in [2.75, 3.05) is 0 Å². The number of rotatable bonds is 4. The fourth-order valence-corrected chi connectivity index (χ4v) is 5.88. The second kappa shape index (κ2) is 6.40. The normalized spacial score (nSPS) is 23.4. The third-order valence-corrected chi connectivity index (χ3v) is 6.18. The smallest absolute Gasteiger partial charge is 0.275 e. The average molecular weight is 349 g/mol. The minimum absolute atomic E-state index is 0.213. The Kier molecular flexibility index (Phi) is 5.25. The SMILES string of the molecule is Cc1c(C)[n+](C(C)C)c([C@H]2N(C(C)C)C(C)(C)CC2(C)C)n1C(C)C. The first-order valence-corrected chi connectivity index (χ1v) is 10.1. The van der Waals surface area contributed by atoms with Gasteiger partial charge in [-0.25, -0.2) is 9.13 Å². The van der Waals surface area contributed by atoms with Crippen molar-refractivity contribution >= 4 is 0 Å². The summed E-state index contributed by atoms with van der Waals surface area (Å²) in [4.78, 5) is 2.78. The van der Waals surface area contributed by atoms with Crippen molar-refractivity contribution in [1.29, 1.82) is 0 Å². The Hall–Kier alpha value is -0.830. The standard InChI is InChI=1S/C22H42N3/c1-14(2)23-17(7)18(8)24(15(3)4)20(23)19-21(9,10)13-22(11,12)25(19)16(5)6/h14-16,19H,13H2,1-12H3/q+1/t19-/m1/s1. The fraction of sp³-hybridized carbons (Fsp3) is 0.864. The van der Waals surface area contributed by atoms with Crippen LogP contribution in [0.15, 0.2) is 0 Å². The monoisotopic (exact) mass is 348 g/mol. The van der Waals surface area contributed by atoms with E-state index >= 15 is 0 Å². The molecule has 1 fully saturated rings. The molecule has 0 aromatic carbocycles. The zero-order chi connectivity index (χ0) is 19.5. The third-order valence-electron chi connectivity index (χ3n) is 6.18. The lowest BCUT2D eigenvalue weighted by atomic mass is 9.80. The summed E-state index contributed by atoms with van der Waals surface area (Å²) in [5.74, 6) is 1.50. The first kappa shape index (κ1) is 20.5. The van der Waals surface area contributed by atoms with Crippen LogP contribution in [-0.2, 0) is 0 Å². The minimum Gasteiger partial charge on any atom is -0.282 e. The van der Waals surface area contributed by atoms with Crippen LogP contribution in [0.1, 0.15) is 111 Å². The topological polar surface area (TPSA) is 12.1 Å². The Morgan fingerprint density at radius 2 is 1.44 bits per heavy atom. The summed E-state index contributed by atoms with van der Waals surface area (Å²) >= 11 is 0. The van der Waals surface area contributed by atoms with Gasteiger partial charge < -0.3 is 0 Å². The van der Waals surface area contributed by atoms with Gasteiger partial charge in [0.05, 0.1) is 12.1 Å². The Morgan fingerprint density at radius 3 is 1.84 bits per heavy atom. The van der Waals surface area contributed by atoms with E-state index in [0.717, 1.165) is 0 Å². The minimum atomic E-state index is 0.213. The Labute approximate surface area is 156 Å². The molecule has 0 unspecified atom stereocenters. The Bertz CT molecular complexity index is 601. The lowest BCUT2D eigenvalue weighted by molar-refractivity contribution is -0.731. The zero-order valence-electron chi connectivity index (χ0n) is 18.9. The maximum atomic E-state index is 2.78. The van der Waals surface area contributed by atoms with Gasteiger partial charge in [0.1, 0.15) is 17.4 Å². The second-order valence-electron chi connectivity index (χ2n) is 10.3. The van der Waals surface area contributed by atoms with E-state index < -0.39 is 0 Å². The van der Waals surface area contributed by atoms with E-state index in [9.17, 15) is 0 Å². The highest BCUT2D eigenvalue weighted by molar-refractivity contribution is 5.17. The highest BCUT2D eigenvalue weighted by Gasteiger charge is 2.57. The summed E-state index contributed by atoms with van der Waals surface area (Å²) in [6.07, 6.45) is 1.22. The molecule has 1 atom stereocenters. The van der Waals surface area contributed by atoms with Crippen molar-refractivity contribution in [2.45, 2.75) is 119 Å². The largest absolute Gasteiger partial charge is 0.282 e. The molecule has 2 rings (SSSR count). The van der Waals surface area contributed by atoms with Crippen molar-refractivity contribution in [3.63, 3.8) is 0 Å². The van der Waals surface area contributed by atoms with Crippen molar-refractivity contribution in [2.24, 2.45) is 5.41 Å². The molecule has 0 saturated carbocycles. The maximum absolute atomic E-state index is 2.78. The molecule has 25 heavy (non-hydrogen) atoms. The average Bonchev–Trinajstić information content (AvgIpc) is 2.76. The van der Waals surface area contributed by atoms with Crippen LogP contribution in [-0.4, -0.2) is 21.0 Å². The molecule has 0 bridgehead atoms. The highest BCUT2D eigenvalue weighted by Crippen LogP contribution is 2.55. The summed E-state index contributed by atoms with van der Waals surface area (Å²) in [6.45, 7) is 28.4. The predicted octanol–water partition coefficient (Wildman–Crippen LogP) is 5.51. The van der Waals surface area contributed by atoms with Crippen molar-refractivity contribution in [3.8, 4) is 0 Å². The summed E-state index contributed by atoms with van der Waals surface area (Å²) in [6, 6.07) is 1.91. The second-order valence-corrected chi connectivity index (χ2v) is 10.3. The number of imidazole rings is 1. The van der Waals surface area contributed by atoms with Gasteiger partial charge in [0.25, 0.3) is 5.82 Å². The zero-order valence-corrected chi connectivity index (χ0v) is 18.9. The van der Waals surface area contributed by atoms with Gasteiger partial charge in [0.15, 0.2) is 0 Å². The van der Waals surface area contributed by atoms with E-state index in [2.05, 4.69) is 97.1 Å². The van der Waals surface area contributed by atoms with Crippen molar-refractivity contribution in [1.82, 2.24) is 9.47 Å². The van der Waals surface area contributed by atoms with Crippen LogP contribution >= 0.6 is 0 Å². The van der Waals surface area contributed by atoms with Gasteiger partial charge in [0, 0.05) is 25.4 Å². The molecule has 1 aliphatic heterocycles. The van der Waals surface area contributed by atoms with Gasteiger partial charge in [-0.05, 0) is 67.2 Å². The molecular formula is C22H42N3+. The lowest BCUT2D eigenvalue weighted by Crippen LogP contribution is -2.51. The van der Waals surface area contributed by atoms with Crippen LogP contribution < -0.4 is 4.57 Å². The van der Waals surface area contributed by atoms with Gasteiger partial charge >= 0.3 is 0 Å². The van der Waals surface area contributed by atoms with Gasteiger partial charge in [0.2, 0.25) is 0 Å².